The predicted molar refractivity (Wildman–Crippen MR) is 117 cm³/mol. The van der Waals surface area contributed by atoms with Gasteiger partial charge in [0.25, 0.3) is 5.91 Å². The Bertz CT molecular complexity index is 1020. The van der Waals surface area contributed by atoms with Crippen molar-refractivity contribution >= 4 is 46.5 Å². The number of alkyl halides is 3. The van der Waals surface area contributed by atoms with Gasteiger partial charge in [-0.25, -0.2) is 4.98 Å². The van der Waals surface area contributed by atoms with Crippen LogP contribution in [-0.4, -0.2) is 48.9 Å². The number of halogens is 5. The molecule has 1 aromatic carbocycles. The molecule has 6 nitrogen and oxygen atoms in total. The summed E-state index contributed by atoms with van der Waals surface area (Å²) in [5.41, 5.74) is -0.164. The van der Waals surface area contributed by atoms with Gasteiger partial charge in [0.1, 0.15) is 5.82 Å². The Morgan fingerprint density at radius 1 is 1.12 bits per heavy atom. The topological polar surface area (TPSA) is 65.5 Å². The van der Waals surface area contributed by atoms with E-state index in [0.29, 0.717) is 31.6 Å². The van der Waals surface area contributed by atoms with Crippen LogP contribution < -0.4 is 10.2 Å². The molecule has 1 aliphatic rings. The molecule has 3 rings (SSSR count). The van der Waals surface area contributed by atoms with Crippen molar-refractivity contribution < 1.29 is 22.8 Å². The van der Waals surface area contributed by atoms with E-state index in [4.69, 9.17) is 23.2 Å². The monoisotopic (exact) mass is 488 g/mol. The number of nitrogens with one attached hydrogen (secondary N) is 1. The van der Waals surface area contributed by atoms with E-state index < -0.39 is 11.7 Å². The molecule has 2 amide bonds. The molecule has 1 aromatic heterocycles. The van der Waals surface area contributed by atoms with Crippen molar-refractivity contribution in [2.75, 3.05) is 37.4 Å². The number of carbonyl (C=O) groups is 2. The summed E-state index contributed by atoms with van der Waals surface area (Å²) >= 11 is 12.1. The highest BCUT2D eigenvalue weighted by Crippen LogP contribution is 2.35. The standard InChI is InChI=1S/C21H21Cl2F3N4O2/c1-29(2)20(32)15-10-14(3-4-16(15)22)28-19(31)12-5-7-30(8-6-12)18-17(23)9-13(11-27-18)21(24,25)26/h3-4,9-12H,5-8H2,1-2H3,(H,28,31). The Balaban J connectivity index is 1.63. The molecular formula is C21H21Cl2F3N4O2. The first-order valence-corrected chi connectivity index (χ1v) is 10.5. The van der Waals surface area contributed by atoms with E-state index in [0.717, 1.165) is 12.3 Å². The second kappa shape index (κ2) is 9.54. The first-order valence-electron chi connectivity index (χ1n) is 9.77. The van der Waals surface area contributed by atoms with Crippen LogP contribution in [0, 0.1) is 5.92 Å². The van der Waals surface area contributed by atoms with Crippen LogP contribution >= 0.6 is 23.2 Å². The Labute approximate surface area is 193 Å². The lowest BCUT2D eigenvalue weighted by atomic mass is 9.95. The molecule has 0 aliphatic carbocycles. The normalized spacial score (nSPS) is 14.9. The number of amides is 2. The molecule has 2 aromatic rings. The van der Waals surface area contributed by atoms with Crippen molar-refractivity contribution in [3.05, 3.63) is 51.6 Å². The fourth-order valence-electron chi connectivity index (χ4n) is 3.42. The van der Waals surface area contributed by atoms with E-state index >= 15 is 0 Å². The van der Waals surface area contributed by atoms with Crippen LogP contribution in [0.25, 0.3) is 0 Å². The van der Waals surface area contributed by atoms with Gasteiger partial charge in [-0.05, 0) is 37.1 Å². The number of hydrogen-bond donors (Lipinski definition) is 1. The van der Waals surface area contributed by atoms with Crippen molar-refractivity contribution in [3.63, 3.8) is 0 Å². The fourth-order valence-corrected chi connectivity index (χ4v) is 3.91. The molecular weight excluding hydrogens is 468 g/mol. The maximum atomic E-state index is 12.8. The van der Waals surface area contributed by atoms with Gasteiger partial charge in [-0.2, -0.15) is 13.2 Å². The summed E-state index contributed by atoms with van der Waals surface area (Å²) in [7, 11) is 3.21. The SMILES string of the molecule is CN(C)C(=O)c1cc(NC(=O)C2CCN(c3ncc(C(F)(F)F)cc3Cl)CC2)ccc1Cl. The molecule has 1 aliphatic heterocycles. The average Bonchev–Trinajstić information content (AvgIpc) is 2.74. The maximum Gasteiger partial charge on any atom is 0.417 e. The summed E-state index contributed by atoms with van der Waals surface area (Å²) in [5.74, 6) is -0.520. The van der Waals surface area contributed by atoms with Crippen molar-refractivity contribution in [3.8, 4) is 0 Å². The van der Waals surface area contributed by atoms with Crippen molar-refractivity contribution in [1.29, 1.82) is 0 Å². The first kappa shape index (κ1) is 24.1. The van der Waals surface area contributed by atoms with E-state index in [2.05, 4.69) is 10.3 Å². The largest absolute Gasteiger partial charge is 0.417 e. The molecule has 1 saturated heterocycles. The minimum Gasteiger partial charge on any atom is -0.355 e. The van der Waals surface area contributed by atoms with Gasteiger partial charge >= 0.3 is 6.18 Å². The molecule has 0 unspecified atom stereocenters. The van der Waals surface area contributed by atoms with Gasteiger partial charge in [0.05, 0.1) is 21.2 Å². The molecule has 0 bridgehead atoms. The Hall–Kier alpha value is -2.52. The smallest absolute Gasteiger partial charge is 0.355 e. The summed E-state index contributed by atoms with van der Waals surface area (Å²) in [6, 6.07) is 5.56. The Morgan fingerprint density at radius 3 is 2.34 bits per heavy atom. The van der Waals surface area contributed by atoms with Crippen LogP contribution in [0.4, 0.5) is 24.7 Å². The summed E-state index contributed by atoms with van der Waals surface area (Å²) in [4.78, 5) is 32.0. The van der Waals surface area contributed by atoms with Crippen molar-refractivity contribution in [2.24, 2.45) is 5.92 Å². The van der Waals surface area contributed by atoms with Gasteiger partial charge in [0.2, 0.25) is 5.91 Å². The highest BCUT2D eigenvalue weighted by molar-refractivity contribution is 6.34. The number of aromatic nitrogens is 1. The minimum atomic E-state index is -4.51. The number of rotatable bonds is 4. The van der Waals surface area contributed by atoms with Crippen LogP contribution in [0.2, 0.25) is 10.0 Å². The summed E-state index contributed by atoms with van der Waals surface area (Å²) in [6.07, 6.45) is -2.81. The van der Waals surface area contributed by atoms with Crippen LogP contribution in [0.5, 0.6) is 0 Å². The van der Waals surface area contributed by atoms with E-state index in [1.54, 1.807) is 31.1 Å². The second-order valence-corrected chi connectivity index (χ2v) is 8.49. The van der Waals surface area contributed by atoms with Crippen LogP contribution in [0.3, 0.4) is 0 Å². The van der Waals surface area contributed by atoms with E-state index in [-0.39, 0.29) is 39.2 Å². The highest BCUT2D eigenvalue weighted by Gasteiger charge is 2.33. The van der Waals surface area contributed by atoms with Crippen molar-refractivity contribution in [1.82, 2.24) is 9.88 Å². The first-order chi connectivity index (χ1) is 15.0. The molecule has 32 heavy (non-hydrogen) atoms. The third kappa shape index (κ3) is 5.45. The summed E-state index contributed by atoms with van der Waals surface area (Å²) in [5, 5.41) is 3.02. The summed E-state index contributed by atoms with van der Waals surface area (Å²) in [6.45, 7) is 0.836. The van der Waals surface area contributed by atoms with E-state index in [1.165, 1.54) is 11.0 Å². The highest BCUT2D eigenvalue weighted by atomic mass is 35.5. The third-order valence-electron chi connectivity index (χ3n) is 5.18. The molecule has 0 radical (unpaired) electrons. The minimum absolute atomic E-state index is 0.0815. The molecule has 0 atom stereocenters. The maximum absolute atomic E-state index is 12.8. The Morgan fingerprint density at radius 2 is 1.78 bits per heavy atom. The summed E-state index contributed by atoms with van der Waals surface area (Å²) < 4.78 is 38.4. The zero-order chi connectivity index (χ0) is 23.6. The molecule has 0 saturated carbocycles. The number of nitrogens with zero attached hydrogens (tertiary/aromatic N) is 3. The van der Waals surface area contributed by atoms with Crippen LogP contribution in [0.15, 0.2) is 30.5 Å². The van der Waals surface area contributed by atoms with Gasteiger partial charge in [-0.3, -0.25) is 9.59 Å². The number of anilines is 2. The zero-order valence-electron chi connectivity index (χ0n) is 17.3. The number of piperidine rings is 1. The van der Waals surface area contributed by atoms with Gasteiger partial charge in [0.15, 0.2) is 0 Å². The molecule has 11 heteroatoms. The number of carbonyl (C=O) groups excluding carboxylic acids is 2. The fraction of sp³-hybridized carbons (Fsp3) is 0.381. The molecule has 0 spiro atoms. The van der Waals surface area contributed by atoms with Gasteiger partial charge in [-0.15, -0.1) is 0 Å². The number of hydrogen-bond acceptors (Lipinski definition) is 4. The molecule has 1 N–H and O–H groups in total. The third-order valence-corrected chi connectivity index (χ3v) is 5.79. The number of benzene rings is 1. The number of pyridine rings is 1. The average molecular weight is 489 g/mol. The van der Waals surface area contributed by atoms with Crippen LogP contribution in [0.1, 0.15) is 28.8 Å². The quantitative estimate of drug-likeness (QED) is 0.660. The lowest BCUT2D eigenvalue weighted by Crippen LogP contribution is -2.38. The van der Waals surface area contributed by atoms with Crippen LogP contribution in [-0.2, 0) is 11.0 Å². The van der Waals surface area contributed by atoms with Crippen molar-refractivity contribution in [2.45, 2.75) is 19.0 Å². The molecule has 172 valence electrons. The van der Waals surface area contributed by atoms with E-state index in [1.807, 2.05) is 0 Å². The lowest BCUT2D eigenvalue weighted by molar-refractivity contribution is -0.137. The van der Waals surface area contributed by atoms with E-state index in [9.17, 15) is 22.8 Å². The lowest BCUT2D eigenvalue weighted by Gasteiger charge is -2.32. The zero-order valence-corrected chi connectivity index (χ0v) is 18.9. The Kier molecular flexibility index (Phi) is 7.19. The van der Waals surface area contributed by atoms with Gasteiger partial charge < -0.3 is 15.1 Å². The molecule has 2 heterocycles. The molecule has 1 fully saturated rings. The predicted octanol–water partition coefficient (Wildman–Crippen LogP) is 4.96. The van der Waals surface area contributed by atoms with Gasteiger partial charge in [0, 0.05) is 45.0 Å². The van der Waals surface area contributed by atoms with Gasteiger partial charge in [-0.1, -0.05) is 23.2 Å². The second-order valence-electron chi connectivity index (χ2n) is 7.67.